The highest BCUT2D eigenvalue weighted by Crippen LogP contribution is 2.24. The van der Waals surface area contributed by atoms with Gasteiger partial charge in [-0.1, -0.05) is 23.2 Å². The number of ketones is 1. The molecule has 0 bridgehead atoms. The number of Topliss-reactive ketones (excluding diaryl/α,β-unsaturated/α-hetero) is 1. The molecular formula is C13H14Cl2FNO4. The summed E-state index contributed by atoms with van der Waals surface area (Å²) in [6.07, 6.45) is 0.211. The number of carbonyl (C=O) groups excluding carboxylic acids is 2. The van der Waals surface area contributed by atoms with Crippen molar-refractivity contribution in [2.75, 3.05) is 13.2 Å². The molecule has 116 valence electrons. The van der Waals surface area contributed by atoms with Crippen LogP contribution in [0.2, 0.25) is 0 Å². The minimum Gasteiger partial charge on any atom is -0.500 e. The zero-order valence-electron chi connectivity index (χ0n) is 11.4. The molecule has 21 heavy (non-hydrogen) atoms. The van der Waals surface area contributed by atoms with E-state index in [1.807, 2.05) is 0 Å². The van der Waals surface area contributed by atoms with Crippen LogP contribution in [-0.4, -0.2) is 41.8 Å². The predicted octanol–water partition coefficient (Wildman–Crippen LogP) is 2.52. The predicted molar refractivity (Wildman–Crippen MR) is 77.3 cm³/mol. The first kappa shape index (κ1) is 17.7. The molecule has 0 saturated heterocycles. The van der Waals surface area contributed by atoms with Crippen LogP contribution >= 0.6 is 23.2 Å². The van der Waals surface area contributed by atoms with Gasteiger partial charge in [0, 0.05) is 0 Å². The second-order valence-electron chi connectivity index (χ2n) is 3.85. The normalized spacial score (nSPS) is 22.2. The molecule has 0 amide bonds. The molecule has 1 aliphatic heterocycles. The smallest absolute Gasteiger partial charge is 0.345 e. The summed E-state index contributed by atoms with van der Waals surface area (Å²) in [5.74, 6) is -1.72. The van der Waals surface area contributed by atoms with Gasteiger partial charge in [-0.05, 0) is 19.9 Å². The summed E-state index contributed by atoms with van der Waals surface area (Å²) in [7, 11) is 0. The summed E-state index contributed by atoms with van der Waals surface area (Å²) in [5, 5.41) is -0.263. The number of hydrogen-bond acceptors (Lipinski definition) is 5. The van der Waals surface area contributed by atoms with Gasteiger partial charge < -0.3 is 9.47 Å². The van der Waals surface area contributed by atoms with E-state index in [9.17, 15) is 14.0 Å². The minimum atomic E-state index is -1.68. The van der Waals surface area contributed by atoms with Crippen molar-refractivity contribution >= 4 is 40.1 Å². The summed E-state index contributed by atoms with van der Waals surface area (Å²) in [6, 6.07) is 0. The van der Waals surface area contributed by atoms with Gasteiger partial charge in [0.1, 0.15) is 17.0 Å². The van der Waals surface area contributed by atoms with Crippen LogP contribution in [-0.2, 0) is 19.1 Å². The molecule has 0 spiro atoms. The number of ether oxygens (including phenoxy) is 2. The second-order valence-corrected chi connectivity index (χ2v) is 4.66. The van der Waals surface area contributed by atoms with Gasteiger partial charge in [-0.25, -0.2) is 14.2 Å². The van der Waals surface area contributed by atoms with Crippen LogP contribution in [0.5, 0.6) is 0 Å². The van der Waals surface area contributed by atoms with E-state index in [0.717, 1.165) is 12.3 Å². The number of rotatable bonds is 6. The lowest BCUT2D eigenvalue weighted by atomic mass is 10.0. The number of dihydropyridines is 1. The average molecular weight is 338 g/mol. The van der Waals surface area contributed by atoms with E-state index in [4.69, 9.17) is 32.7 Å². The monoisotopic (exact) mass is 337 g/mol. The fourth-order valence-corrected chi connectivity index (χ4v) is 1.91. The number of nitrogens with zero attached hydrogens (tertiary/aromatic N) is 1. The van der Waals surface area contributed by atoms with E-state index in [1.54, 1.807) is 13.8 Å². The lowest BCUT2D eigenvalue weighted by Crippen LogP contribution is -2.26. The molecule has 8 heteroatoms. The third kappa shape index (κ3) is 4.54. The average Bonchev–Trinajstić information content (AvgIpc) is 2.43. The molecule has 0 aromatic heterocycles. The SMILES string of the molecule is CCO/C=C(\C(=O)OCC)C(=O)C1=CC(F)C(Cl)N=C1Cl. The first-order valence-corrected chi connectivity index (χ1v) is 7.01. The van der Waals surface area contributed by atoms with E-state index in [1.165, 1.54) is 0 Å². The zero-order chi connectivity index (χ0) is 16.0. The molecule has 2 atom stereocenters. The lowest BCUT2D eigenvalue weighted by Gasteiger charge is -2.16. The number of carbonyl (C=O) groups is 2. The Bertz CT molecular complexity index is 516. The molecule has 1 aliphatic rings. The van der Waals surface area contributed by atoms with Gasteiger partial charge in [0.05, 0.1) is 18.8 Å². The van der Waals surface area contributed by atoms with Crippen molar-refractivity contribution < 1.29 is 23.5 Å². The number of alkyl halides is 2. The Morgan fingerprint density at radius 3 is 2.67 bits per heavy atom. The largest absolute Gasteiger partial charge is 0.500 e. The summed E-state index contributed by atoms with van der Waals surface area (Å²) >= 11 is 11.4. The van der Waals surface area contributed by atoms with Crippen molar-refractivity contribution in [2.45, 2.75) is 25.5 Å². The number of halogens is 3. The van der Waals surface area contributed by atoms with Crippen LogP contribution in [0.15, 0.2) is 28.5 Å². The standard InChI is InChI=1S/C13H14Cl2FNO4/c1-3-20-6-8(13(19)21-4-2)10(18)7-5-9(16)12(15)17-11(7)14/h5-6,9,12H,3-4H2,1-2H3/b8-6-. The Morgan fingerprint density at radius 1 is 1.43 bits per heavy atom. The van der Waals surface area contributed by atoms with E-state index in [-0.39, 0.29) is 24.0 Å². The highest BCUT2D eigenvalue weighted by Gasteiger charge is 2.31. The Morgan fingerprint density at radius 2 is 2.10 bits per heavy atom. The minimum absolute atomic E-state index is 0.0753. The fraction of sp³-hybridized carbons (Fsp3) is 0.462. The maximum atomic E-state index is 13.5. The van der Waals surface area contributed by atoms with Crippen molar-refractivity contribution in [3.05, 3.63) is 23.5 Å². The number of allylic oxidation sites excluding steroid dienone is 1. The van der Waals surface area contributed by atoms with Gasteiger partial charge >= 0.3 is 5.97 Å². The van der Waals surface area contributed by atoms with Crippen LogP contribution in [0.25, 0.3) is 0 Å². The molecule has 1 heterocycles. The van der Waals surface area contributed by atoms with Crippen LogP contribution in [0.3, 0.4) is 0 Å². The fourth-order valence-electron chi connectivity index (χ4n) is 1.44. The number of esters is 1. The molecule has 1 rings (SSSR count). The Labute approximate surface area is 131 Å². The summed E-state index contributed by atoms with van der Waals surface area (Å²) < 4.78 is 23.2. The van der Waals surface area contributed by atoms with E-state index >= 15 is 0 Å². The van der Waals surface area contributed by atoms with Crippen molar-refractivity contribution in [2.24, 2.45) is 4.99 Å². The lowest BCUT2D eigenvalue weighted by molar-refractivity contribution is -0.139. The van der Waals surface area contributed by atoms with Gasteiger partial charge in [0.15, 0.2) is 11.7 Å². The highest BCUT2D eigenvalue weighted by molar-refractivity contribution is 6.73. The number of aliphatic imine (C=N–C) groups is 1. The molecule has 5 nitrogen and oxygen atoms in total. The third-order valence-electron chi connectivity index (χ3n) is 2.40. The first-order valence-electron chi connectivity index (χ1n) is 6.19. The number of hydrogen-bond donors (Lipinski definition) is 0. The quantitative estimate of drug-likeness (QED) is 0.142. The molecule has 0 fully saturated rings. The van der Waals surface area contributed by atoms with Crippen LogP contribution < -0.4 is 0 Å². The summed E-state index contributed by atoms with van der Waals surface area (Å²) in [6.45, 7) is 3.58. The van der Waals surface area contributed by atoms with Crippen molar-refractivity contribution in [3.8, 4) is 0 Å². The molecule has 0 radical (unpaired) electrons. The third-order valence-corrected chi connectivity index (χ3v) is 3.04. The van der Waals surface area contributed by atoms with Gasteiger partial charge in [-0.3, -0.25) is 4.79 Å². The molecule has 0 N–H and O–H groups in total. The maximum Gasteiger partial charge on any atom is 0.345 e. The van der Waals surface area contributed by atoms with Crippen molar-refractivity contribution in [3.63, 3.8) is 0 Å². The van der Waals surface area contributed by atoms with Crippen molar-refractivity contribution in [1.82, 2.24) is 0 Å². The topological polar surface area (TPSA) is 65.0 Å². The summed E-state index contributed by atoms with van der Waals surface area (Å²) in [5.41, 5.74) is -1.84. The van der Waals surface area contributed by atoms with Gasteiger partial charge in [0.25, 0.3) is 0 Å². The van der Waals surface area contributed by atoms with Gasteiger partial charge in [-0.2, -0.15) is 0 Å². The highest BCUT2D eigenvalue weighted by atomic mass is 35.5. The Hall–Kier alpha value is -1.40. The molecule has 0 aliphatic carbocycles. The maximum absolute atomic E-state index is 13.5. The van der Waals surface area contributed by atoms with Crippen LogP contribution in [0.4, 0.5) is 4.39 Å². The van der Waals surface area contributed by atoms with E-state index in [0.29, 0.717) is 0 Å². The molecule has 2 unspecified atom stereocenters. The van der Waals surface area contributed by atoms with Crippen molar-refractivity contribution in [1.29, 1.82) is 0 Å². The molecule has 0 aromatic carbocycles. The van der Waals surface area contributed by atoms with Crippen LogP contribution in [0, 0.1) is 0 Å². The first-order chi connectivity index (χ1) is 9.92. The molecule has 0 aromatic rings. The summed E-state index contributed by atoms with van der Waals surface area (Å²) in [4.78, 5) is 27.7. The van der Waals surface area contributed by atoms with Gasteiger partial charge in [0.2, 0.25) is 5.78 Å². The second kappa shape index (κ2) is 8.14. The molecule has 0 saturated carbocycles. The Kier molecular flexibility index (Phi) is 6.84. The van der Waals surface area contributed by atoms with Gasteiger partial charge in [-0.15, -0.1) is 0 Å². The van der Waals surface area contributed by atoms with Crippen LogP contribution in [0.1, 0.15) is 13.8 Å². The zero-order valence-corrected chi connectivity index (χ0v) is 12.9. The van der Waals surface area contributed by atoms with E-state index < -0.39 is 29.0 Å². The molecular weight excluding hydrogens is 324 g/mol. The van der Waals surface area contributed by atoms with E-state index in [2.05, 4.69) is 4.99 Å². The Balaban J connectivity index is 3.09.